The van der Waals surface area contributed by atoms with Crippen LogP contribution in [0.4, 0.5) is 0 Å². The number of phenols is 2. The van der Waals surface area contributed by atoms with E-state index < -0.39 is 0 Å². The first-order valence-electron chi connectivity index (χ1n) is 9.47. The van der Waals surface area contributed by atoms with Gasteiger partial charge in [-0.05, 0) is 71.9 Å². The summed E-state index contributed by atoms with van der Waals surface area (Å²) in [7, 11) is 0. The van der Waals surface area contributed by atoms with Crippen molar-refractivity contribution in [3.8, 4) is 11.5 Å². The molecule has 0 saturated carbocycles. The van der Waals surface area contributed by atoms with E-state index in [0.29, 0.717) is 0 Å². The number of allylic oxidation sites excluding steroid dienone is 1. The number of aryl methyl sites for hydroxylation is 1. The predicted molar refractivity (Wildman–Crippen MR) is 113 cm³/mol. The minimum Gasteiger partial charge on any atom is -0.508 e. The van der Waals surface area contributed by atoms with Gasteiger partial charge in [-0.15, -0.1) is 0 Å². The average molecular weight is 358 g/mol. The van der Waals surface area contributed by atoms with E-state index in [2.05, 4.69) is 38.1 Å². The molecule has 0 radical (unpaired) electrons. The van der Waals surface area contributed by atoms with Gasteiger partial charge in [-0.3, -0.25) is 0 Å². The van der Waals surface area contributed by atoms with Crippen LogP contribution < -0.4 is 0 Å². The van der Waals surface area contributed by atoms with Crippen molar-refractivity contribution in [1.29, 1.82) is 0 Å². The van der Waals surface area contributed by atoms with Crippen LogP contribution in [0, 0.1) is 6.92 Å². The Labute approximate surface area is 161 Å². The summed E-state index contributed by atoms with van der Waals surface area (Å²) in [6, 6.07) is 23.4. The van der Waals surface area contributed by atoms with Crippen LogP contribution in [0.3, 0.4) is 0 Å². The van der Waals surface area contributed by atoms with Crippen molar-refractivity contribution in [2.45, 2.75) is 33.1 Å². The van der Waals surface area contributed by atoms with Crippen LogP contribution in [0.25, 0.3) is 11.1 Å². The first-order chi connectivity index (χ1) is 13.1. The molecule has 3 rings (SSSR count). The topological polar surface area (TPSA) is 40.5 Å². The quantitative estimate of drug-likeness (QED) is 0.490. The molecule has 0 saturated heterocycles. The molecule has 0 bridgehead atoms. The van der Waals surface area contributed by atoms with Crippen LogP contribution in [0.2, 0.25) is 0 Å². The van der Waals surface area contributed by atoms with E-state index in [-0.39, 0.29) is 11.5 Å². The fourth-order valence-corrected chi connectivity index (χ4v) is 3.29. The summed E-state index contributed by atoms with van der Waals surface area (Å²) in [5.74, 6) is 0.517. The fourth-order valence-electron chi connectivity index (χ4n) is 3.29. The van der Waals surface area contributed by atoms with Crippen molar-refractivity contribution in [3.63, 3.8) is 0 Å². The maximum atomic E-state index is 9.72. The molecule has 27 heavy (non-hydrogen) atoms. The molecule has 2 N–H and O–H groups in total. The fraction of sp³-hybridized carbons (Fsp3) is 0.200. The second-order valence-electron chi connectivity index (χ2n) is 6.92. The zero-order valence-corrected chi connectivity index (χ0v) is 15.9. The molecule has 3 aromatic rings. The molecule has 2 nitrogen and oxygen atoms in total. The van der Waals surface area contributed by atoms with E-state index in [1.807, 2.05) is 24.3 Å². The van der Waals surface area contributed by atoms with E-state index >= 15 is 0 Å². The average Bonchev–Trinajstić information content (AvgIpc) is 2.68. The Bertz CT molecular complexity index is 855. The SMILES string of the molecule is CCCCC(=C(c1ccc(O)cc1)c1ccc(O)cc1)c1ccc(C)cc1. The van der Waals surface area contributed by atoms with Crippen LogP contribution in [0.15, 0.2) is 72.8 Å². The molecule has 0 spiro atoms. The van der Waals surface area contributed by atoms with E-state index in [0.717, 1.165) is 36.0 Å². The van der Waals surface area contributed by atoms with Gasteiger partial charge in [-0.1, -0.05) is 67.4 Å². The van der Waals surface area contributed by atoms with Crippen molar-refractivity contribution in [3.05, 3.63) is 95.1 Å². The summed E-state index contributed by atoms with van der Waals surface area (Å²) in [6.45, 7) is 4.30. The standard InChI is InChI=1S/C25H26O2/c1-3-4-5-24(19-8-6-18(2)7-9-19)25(20-10-14-22(26)15-11-20)21-12-16-23(27)17-13-21/h6-17,26-27H,3-5H2,1-2H3. The molecule has 0 aliphatic carbocycles. The van der Waals surface area contributed by atoms with Gasteiger partial charge in [0.05, 0.1) is 0 Å². The van der Waals surface area contributed by atoms with Crippen molar-refractivity contribution in [1.82, 2.24) is 0 Å². The summed E-state index contributed by atoms with van der Waals surface area (Å²) in [5, 5.41) is 19.4. The minimum absolute atomic E-state index is 0.259. The molecule has 3 aromatic carbocycles. The van der Waals surface area contributed by atoms with E-state index in [4.69, 9.17) is 0 Å². The van der Waals surface area contributed by atoms with Crippen molar-refractivity contribution >= 4 is 11.1 Å². The van der Waals surface area contributed by atoms with Crippen molar-refractivity contribution in [2.75, 3.05) is 0 Å². The number of phenolic OH excluding ortho intramolecular Hbond substituents is 2. The summed E-state index contributed by atoms with van der Waals surface area (Å²) in [5.41, 5.74) is 7.01. The lowest BCUT2D eigenvalue weighted by molar-refractivity contribution is 0.475. The van der Waals surface area contributed by atoms with Gasteiger partial charge in [0.1, 0.15) is 11.5 Å². The Balaban J connectivity index is 2.25. The summed E-state index contributed by atoms with van der Waals surface area (Å²) < 4.78 is 0. The third-order valence-electron chi connectivity index (χ3n) is 4.79. The van der Waals surface area contributed by atoms with Gasteiger partial charge in [0, 0.05) is 0 Å². The molecule has 0 atom stereocenters. The highest BCUT2D eigenvalue weighted by atomic mass is 16.3. The van der Waals surface area contributed by atoms with Crippen LogP contribution in [0.1, 0.15) is 48.4 Å². The van der Waals surface area contributed by atoms with Crippen LogP contribution >= 0.6 is 0 Å². The number of hydrogen-bond donors (Lipinski definition) is 2. The van der Waals surface area contributed by atoms with Crippen molar-refractivity contribution < 1.29 is 10.2 Å². The van der Waals surface area contributed by atoms with Gasteiger partial charge in [0.15, 0.2) is 0 Å². The highest BCUT2D eigenvalue weighted by Crippen LogP contribution is 2.36. The summed E-state index contributed by atoms with van der Waals surface area (Å²) in [6.07, 6.45) is 3.19. The lowest BCUT2D eigenvalue weighted by Crippen LogP contribution is -1.96. The Morgan fingerprint density at radius 3 is 1.56 bits per heavy atom. The Morgan fingerprint density at radius 1 is 0.667 bits per heavy atom. The van der Waals surface area contributed by atoms with E-state index in [9.17, 15) is 10.2 Å². The lowest BCUT2D eigenvalue weighted by atomic mass is 9.86. The molecule has 0 unspecified atom stereocenters. The molecule has 0 fully saturated rings. The summed E-state index contributed by atoms with van der Waals surface area (Å²) in [4.78, 5) is 0. The highest BCUT2D eigenvalue weighted by molar-refractivity contribution is 5.98. The molecule has 0 aliphatic rings. The monoisotopic (exact) mass is 358 g/mol. The number of unbranched alkanes of at least 4 members (excludes halogenated alkanes) is 1. The number of benzene rings is 3. The minimum atomic E-state index is 0.259. The predicted octanol–water partition coefficient (Wildman–Crippen LogP) is 6.56. The van der Waals surface area contributed by atoms with Crippen molar-refractivity contribution in [2.24, 2.45) is 0 Å². The van der Waals surface area contributed by atoms with Gasteiger partial charge in [0.25, 0.3) is 0 Å². The normalized spacial score (nSPS) is 10.6. The number of rotatable bonds is 6. The Hall–Kier alpha value is -3.00. The number of aromatic hydroxyl groups is 2. The first kappa shape index (κ1) is 18.8. The number of hydrogen-bond acceptors (Lipinski definition) is 2. The van der Waals surface area contributed by atoms with Gasteiger partial charge in [-0.2, -0.15) is 0 Å². The maximum Gasteiger partial charge on any atom is 0.115 e. The molecule has 138 valence electrons. The van der Waals surface area contributed by atoms with Gasteiger partial charge < -0.3 is 10.2 Å². The smallest absolute Gasteiger partial charge is 0.115 e. The lowest BCUT2D eigenvalue weighted by Gasteiger charge is -2.18. The highest BCUT2D eigenvalue weighted by Gasteiger charge is 2.14. The second-order valence-corrected chi connectivity index (χ2v) is 6.92. The van der Waals surface area contributed by atoms with E-state index in [1.165, 1.54) is 16.7 Å². The second kappa shape index (κ2) is 8.59. The molecular formula is C25H26O2. The molecule has 2 heteroatoms. The zero-order valence-electron chi connectivity index (χ0n) is 15.9. The van der Waals surface area contributed by atoms with Gasteiger partial charge in [0.2, 0.25) is 0 Å². The first-order valence-corrected chi connectivity index (χ1v) is 9.47. The van der Waals surface area contributed by atoms with Crippen LogP contribution in [-0.2, 0) is 0 Å². The maximum absolute atomic E-state index is 9.72. The van der Waals surface area contributed by atoms with E-state index in [1.54, 1.807) is 24.3 Å². The largest absolute Gasteiger partial charge is 0.508 e. The molecular weight excluding hydrogens is 332 g/mol. The third kappa shape index (κ3) is 4.59. The van der Waals surface area contributed by atoms with Gasteiger partial charge in [-0.25, -0.2) is 0 Å². The molecule has 0 aromatic heterocycles. The molecule has 0 aliphatic heterocycles. The third-order valence-corrected chi connectivity index (χ3v) is 4.79. The molecule has 0 amide bonds. The zero-order chi connectivity index (χ0) is 19.2. The van der Waals surface area contributed by atoms with Crippen LogP contribution in [0.5, 0.6) is 11.5 Å². The Kier molecular flexibility index (Phi) is 5.97. The summed E-state index contributed by atoms with van der Waals surface area (Å²) >= 11 is 0. The van der Waals surface area contributed by atoms with Crippen LogP contribution in [-0.4, -0.2) is 10.2 Å². The molecule has 0 heterocycles. The van der Waals surface area contributed by atoms with Gasteiger partial charge >= 0.3 is 0 Å². The Morgan fingerprint density at radius 2 is 1.11 bits per heavy atom.